The largest absolute Gasteiger partial charge is 0.324 e. The maximum atomic E-state index is 5.85. The highest BCUT2D eigenvalue weighted by molar-refractivity contribution is 8.00. The Morgan fingerprint density at radius 1 is 1.50 bits per heavy atom. The van der Waals surface area contributed by atoms with E-state index >= 15 is 0 Å². The van der Waals surface area contributed by atoms with E-state index in [4.69, 9.17) is 5.73 Å². The van der Waals surface area contributed by atoms with E-state index in [1.54, 1.807) is 0 Å². The van der Waals surface area contributed by atoms with Crippen LogP contribution in [0, 0.1) is 0 Å². The van der Waals surface area contributed by atoms with Gasteiger partial charge in [-0.1, -0.05) is 18.2 Å². The first-order chi connectivity index (χ1) is 8.72. The van der Waals surface area contributed by atoms with Crippen molar-refractivity contribution < 1.29 is 0 Å². The summed E-state index contributed by atoms with van der Waals surface area (Å²) < 4.78 is 2.02. The molecule has 4 heteroatoms. The first-order valence-corrected chi connectivity index (χ1v) is 7.13. The molecule has 2 atom stereocenters. The lowest BCUT2D eigenvalue weighted by molar-refractivity contribution is 0.593. The molecular formula is C14H17N3S. The normalized spacial score (nSPS) is 19.8. The quantitative estimate of drug-likeness (QED) is 0.921. The fraction of sp³-hybridized carbons (Fsp3) is 0.357. The predicted molar refractivity (Wildman–Crippen MR) is 74.6 cm³/mol. The van der Waals surface area contributed by atoms with Crippen LogP contribution >= 0.6 is 11.8 Å². The molecule has 1 aromatic carbocycles. The van der Waals surface area contributed by atoms with Crippen molar-refractivity contribution in [1.82, 2.24) is 9.78 Å². The van der Waals surface area contributed by atoms with Crippen LogP contribution in [0.25, 0.3) is 0 Å². The maximum absolute atomic E-state index is 5.85. The highest BCUT2D eigenvalue weighted by atomic mass is 32.2. The number of thioether (sulfide) groups is 1. The molecule has 1 aliphatic heterocycles. The van der Waals surface area contributed by atoms with E-state index < -0.39 is 0 Å². The lowest BCUT2D eigenvalue weighted by atomic mass is 10.1. The molecule has 1 aliphatic rings. The Labute approximate surface area is 111 Å². The second kappa shape index (κ2) is 4.78. The first-order valence-electron chi connectivity index (χ1n) is 6.25. The second-order valence-corrected chi connectivity index (χ2v) is 6.18. The van der Waals surface area contributed by atoms with Crippen molar-refractivity contribution in [2.45, 2.75) is 36.1 Å². The van der Waals surface area contributed by atoms with Crippen LogP contribution in [0.15, 0.2) is 41.6 Å². The van der Waals surface area contributed by atoms with Gasteiger partial charge in [0.25, 0.3) is 0 Å². The number of nitrogens with two attached hydrogens (primary N) is 1. The maximum Gasteiger partial charge on any atom is 0.0537 e. The molecule has 0 bridgehead atoms. The third kappa shape index (κ3) is 2.31. The van der Waals surface area contributed by atoms with Crippen LogP contribution in [0.3, 0.4) is 0 Å². The van der Waals surface area contributed by atoms with Gasteiger partial charge in [-0.3, -0.25) is 4.68 Å². The van der Waals surface area contributed by atoms with Crippen molar-refractivity contribution >= 4 is 11.8 Å². The summed E-state index contributed by atoms with van der Waals surface area (Å²) >= 11 is 1.96. The zero-order valence-electron chi connectivity index (χ0n) is 10.4. The number of nitrogens with zero attached hydrogens (tertiary/aromatic N) is 2. The molecule has 2 aromatic rings. The fourth-order valence-electron chi connectivity index (χ4n) is 2.28. The van der Waals surface area contributed by atoms with Crippen LogP contribution in [-0.4, -0.2) is 15.0 Å². The van der Waals surface area contributed by atoms with Crippen LogP contribution in [0.1, 0.15) is 24.1 Å². The molecule has 2 heterocycles. The molecule has 0 amide bonds. The Morgan fingerprint density at radius 2 is 2.33 bits per heavy atom. The van der Waals surface area contributed by atoms with Crippen LogP contribution < -0.4 is 5.73 Å². The monoisotopic (exact) mass is 259 g/mol. The summed E-state index contributed by atoms with van der Waals surface area (Å²) in [7, 11) is 0. The first kappa shape index (κ1) is 11.8. The summed E-state index contributed by atoms with van der Waals surface area (Å²) in [6.07, 6.45) is 5.07. The standard InChI is InChI=1S/C14H17N3S/c1-10(15)12-7-16-17(8-12)9-13-6-11-4-2-3-5-14(11)18-13/h2-5,7-8,10,13H,6,9,15H2,1H3. The van der Waals surface area contributed by atoms with E-state index in [1.165, 1.54) is 10.5 Å². The average Bonchev–Trinajstić information content (AvgIpc) is 2.94. The summed E-state index contributed by atoms with van der Waals surface area (Å²) in [5.41, 5.74) is 8.42. The Morgan fingerprint density at radius 3 is 3.06 bits per heavy atom. The van der Waals surface area contributed by atoms with Crippen molar-refractivity contribution in [1.29, 1.82) is 0 Å². The van der Waals surface area contributed by atoms with E-state index in [1.807, 2.05) is 29.6 Å². The minimum Gasteiger partial charge on any atom is -0.324 e. The molecule has 2 N–H and O–H groups in total. The smallest absolute Gasteiger partial charge is 0.0537 e. The Balaban J connectivity index is 1.68. The van der Waals surface area contributed by atoms with Crippen LogP contribution in [0.2, 0.25) is 0 Å². The van der Waals surface area contributed by atoms with Crippen LogP contribution in [0.5, 0.6) is 0 Å². The Bertz CT molecular complexity index is 522. The highest BCUT2D eigenvalue weighted by Crippen LogP contribution is 2.37. The van der Waals surface area contributed by atoms with Gasteiger partial charge < -0.3 is 5.73 Å². The minimum atomic E-state index is 0.0622. The summed E-state index contributed by atoms with van der Waals surface area (Å²) in [4.78, 5) is 1.42. The van der Waals surface area contributed by atoms with Gasteiger partial charge in [0, 0.05) is 27.9 Å². The molecule has 3 rings (SSSR count). The highest BCUT2D eigenvalue weighted by Gasteiger charge is 2.22. The third-order valence-corrected chi connectivity index (χ3v) is 4.58. The van der Waals surface area contributed by atoms with Gasteiger partial charge in [-0.05, 0) is 25.0 Å². The summed E-state index contributed by atoms with van der Waals surface area (Å²) in [5.74, 6) is 0. The van der Waals surface area contributed by atoms with Crippen molar-refractivity contribution in [3.8, 4) is 0 Å². The van der Waals surface area contributed by atoms with Crippen molar-refractivity contribution in [3.05, 3.63) is 47.8 Å². The molecule has 2 unspecified atom stereocenters. The van der Waals surface area contributed by atoms with Crippen LogP contribution in [-0.2, 0) is 13.0 Å². The predicted octanol–water partition coefficient (Wildman–Crippen LogP) is 2.62. The molecule has 94 valence electrons. The third-order valence-electron chi connectivity index (χ3n) is 3.28. The zero-order chi connectivity index (χ0) is 12.5. The fourth-order valence-corrected chi connectivity index (χ4v) is 3.59. The van der Waals surface area contributed by atoms with Gasteiger partial charge in [0.1, 0.15) is 0 Å². The summed E-state index contributed by atoms with van der Waals surface area (Å²) in [6.45, 7) is 2.94. The van der Waals surface area contributed by atoms with E-state index in [0.29, 0.717) is 5.25 Å². The Kier molecular flexibility index (Phi) is 3.14. The number of hydrogen-bond donors (Lipinski definition) is 1. The molecular weight excluding hydrogens is 242 g/mol. The number of benzene rings is 1. The number of aromatic nitrogens is 2. The van der Waals surface area contributed by atoms with Gasteiger partial charge in [0.2, 0.25) is 0 Å². The van der Waals surface area contributed by atoms with E-state index in [-0.39, 0.29) is 6.04 Å². The molecule has 0 aliphatic carbocycles. The number of fused-ring (bicyclic) bond motifs is 1. The Hall–Kier alpha value is -1.26. The summed E-state index contributed by atoms with van der Waals surface area (Å²) in [6, 6.07) is 8.71. The molecule has 0 fully saturated rings. The number of hydrogen-bond acceptors (Lipinski definition) is 3. The molecule has 0 radical (unpaired) electrons. The number of rotatable bonds is 3. The van der Waals surface area contributed by atoms with Gasteiger partial charge in [0.15, 0.2) is 0 Å². The lowest BCUT2D eigenvalue weighted by Gasteiger charge is -2.08. The van der Waals surface area contributed by atoms with Gasteiger partial charge in [0.05, 0.1) is 12.7 Å². The van der Waals surface area contributed by atoms with Gasteiger partial charge >= 0.3 is 0 Å². The van der Waals surface area contributed by atoms with E-state index in [0.717, 1.165) is 18.5 Å². The van der Waals surface area contributed by atoms with Gasteiger partial charge in [-0.15, -0.1) is 11.8 Å². The van der Waals surface area contributed by atoms with Gasteiger partial charge in [-0.25, -0.2) is 0 Å². The van der Waals surface area contributed by atoms with Crippen molar-refractivity contribution in [2.75, 3.05) is 0 Å². The topological polar surface area (TPSA) is 43.8 Å². The molecule has 3 nitrogen and oxygen atoms in total. The lowest BCUT2D eigenvalue weighted by Crippen LogP contribution is -2.12. The van der Waals surface area contributed by atoms with E-state index in [2.05, 4.69) is 35.6 Å². The van der Waals surface area contributed by atoms with Crippen molar-refractivity contribution in [3.63, 3.8) is 0 Å². The summed E-state index contributed by atoms with van der Waals surface area (Å²) in [5, 5.41) is 4.97. The molecule has 0 saturated heterocycles. The van der Waals surface area contributed by atoms with Crippen molar-refractivity contribution in [2.24, 2.45) is 5.73 Å². The molecule has 0 spiro atoms. The molecule has 18 heavy (non-hydrogen) atoms. The SMILES string of the molecule is CC(N)c1cnn(CC2Cc3ccccc3S2)c1. The van der Waals surface area contributed by atoms with Gasteiger partial charge in [-0.2, -0.15) is 5.10 Å². The molecule has 0 saturated carbocycles. The van der Waals surface area contributed by atoms with E-state index in [9.17, 15) is 0 Å². The van der Waals surface area contributed by atoms with Crippen LogP contribution in [0.4, 0.5) is 0 Å². The second-order valence-electron chi connectivity index (χ2n) is 4.84. The zero-order valence-corrected chi connectivity index (χ0v) is 11.2. The minimum absolute atomic E-state index is 0.0622. The average molecular weight is 259 g/mol. The molecule has 1 aromatic heterocycles.